The van der Waals surface area contributed by atoms with Gasteiger partial charge in [0.2, 0.25) is 0 Å². The van der Waals surface area contributed by atoms with Gasteiger partial charge >= 0.3 is 39.5 Å². The van der Waals surface area contributed by atoms with Gasteiger partial charge in [-0.05, 0) is 31.6 Å². The van der Waals surface area contributed by atoms with Crippen LogP contribution in [0, 0.1) is 5.92 Å². The normalized spacial score (nSPS) is 14.1. The maximum Gasteiger partial charge on any atom is 0.472 e. The van der Waals surface area contributed by atoms with Crippen LogP contribution in [0.2, 0.25) is 0 Å². The van der Waals surface area contributed by atoms with Crippen molar-refractivity contribution < 1.29 is 80.2 Å². The first kappa shape index (κ1) is 86.1. The molecule has 88 heavy (non-hydrogen) atoms. The summed E-state index contributed by atoms with van der Waals surface area (Å²) in [6, 6.07) is 0. The molecule has 0 aliphatic rings. The zero-order chi connectivity index (χ0) is 64.9. The van der Waals surface area contributed by atoms with Gasteiger partial charge in [-0.3, -0.25) is 37.3 Å². The zero-order valence-electron chi connectivity index (χ0n) is 56.9. The third kappa shape index (κ3) is 62.8. The summed E-state index contributed by atoms with van der Waals surface area (Å²) in [7, 11) is -9.89. The molecule has 0 rings (SSSR count). The number of hydrogen-bond acceptors (Lipinski definition) is 15. The quantitative estimate of drug-likeness (QED) is 0.0222. The summed E-state index contributed by atoms with van der Waals surface area (Å²) in [5.74, 6) is -1.44. The van der Waals surface area contributed by atoms with Crippen molar-refractivity contribution >= 4 is 39.5 Å². The molecule has 19 heteroatoms. The van der Waals surface area contributed by atoms with Gasteiger partial charge in [-0.1, -0.05) is 304 Å². The largest absolute Gasteiger partial charge is 0.472 e. The minimum atomic E-state index is -4.95. The van der Waals surface area contributed by atoms with E-state index in [9.17, 15) is 43.2 Å². The molecule has 17 nitrogen and oxygen atoms in total. The number of aliphatic hydroxyl groups is 1. The second-order valence-electron chi connectivity index (χ2n) is 25.4. The van der Waals surface area contributed by atoms with Gasteiger partial charge in [-0.25, -0.2) is 9.13 Å². The van der Waals surface area contributed by atoms with Gasteiger partial charge in [-0.2, -0.15) is 0 Å². The summed E-state index contributed by atoms with van der Waals surface area (Å²) in [6.45, 7) is 7.12. The fourth-order valence-electron chi connectivity index (χ4n) is 10.5. The second kappa shape index (κ2) is 62.5. The highest BCUT2D eigenvalue weighted by Crippen LogP contribution is 2.45. The molecule has 2 unspecified atom stereocenters. The predicted octanol–water partition coefficient (Wildman–Crippen LogP) is 19.7. The molecule has 0 radical (unpaired) electrons. The molecular formula is C69H134O17P2. The molecule has 0 fully saturated rings. The molecule has 0 amide bonds. The van der Waals surface area contributed by atoms with Gasteiger partial charge in [-0.15, -0.1) is 0 Å². The Morgan fingerprint density at radius 3 is 0.773 bits per heavy atom. The predicted molar refractivity (Wildman–Crippen MR) is 354 cm³/mol. The lowest BCUT2D eigenvalue weighted by Gasteiger charge is -2.21. The first-order chi connectivity index (χ1) is 42.5. The van der Waals surface area contributed by atoms with Crippen LogP contribution in [0.15, 0.2) is 0 Å². The zero-order valence-corrected chi connectivity index (χ0v) is 58.6. The molecule has 0 heterocycles. The lowest BCUT2D eigenvalue weighted by molar-refractivity contribution is -0.161. The van der Waals surface area contributed by atoms with Crippen molar-refractivity contribution in [3.63, 3.8) is 0 Å². The average Bonchev–Trinajstić information content (AvgIpc) is 3.68. The number of unbranched alkanes of at least 4 members (excludes halogenated alkanes) is 41. The van der Waals surface area contributed by atoms with Crippen LogP contribution in [0.1, 0.15) is 356 Å². The van der Waals surface area contributed by atoms with E-state index >= 15 is 0 Å². The molecule has 0 saturated heterocycles. The average molecular weight is 1300 g/mol. The van der Waals surface area contributed by atoms with Crippen molar-refractivity contribution in [3.05, 3.63) is 0 Å². The van der Waals surface area contributed by atoms with Crippen molar-refractivity contribution in [2.24, 2.45) is 5.92 Å². The number of hydrogen-bond donors (Lipinski definition) is 3. The number of rotatable bonds is 69. The molecular weight excluding hydrogens is 1160 g/mol. The summed E-state index contributed by atoms with van der Waals surface area (Å²) in [5, 5.41) is 10.6. The molecule has 0 bridgehead atoms. The highest BCUT2D eigenvalue weighted by Gasteiger charge is 2.30. The Morgan fingerprint density at radius 1 is 0.307 bits per heavy atom. The fourth-order valence-corrected chi connectivity index (χ4v) is 12.0. The Bertz CT molecular complexity index is 1700. The first-order valence-corrected chi connectivity index (χ1v) is 39.1. The molecule has 0 aromatic carbocycles. The Kier molecular flexibility index (Phi) is 61.1. The number of phosphoric acid groups is 2. The summed E-state index contributed by atoms with van der Waals surface area (Å²) in [4.78, 5) is 72.3. The monoisotopic (exact) mass is 1300 g/mol. The van der Waals surface area contributed by atoms with Crippen LogP contribution in [-0.4, -0.2) is 96.7 Å². The molecule has 0 aliphatic heterocycles. The third-order valence-corrected chi connectivity index (χ3v) is 17.9. The Balaban J connectivity index is 5.14. The maximum atomic E-state index is 13.0. The van der Waals surface area contributed by atoms with Crippen molar-refractivity contribution in [1.82, 2.24) is 0 Å². The fraction of sp³-hybridized carbons (Fsp3) is 0.942. The van der Waals surface area contributed by atoms with E-state index in [4.69, 9.17) is 37.0 Å². The highest BCUT2D eigenvalue weighted by molar-refractivity contribution is 7.47. The van der Waals surface area contributed by atoms with Crippen LogP contribution in [0.4, 0.5) is 0 Å². The van der Waals surface area contributed by atoms with Gasteiger partial charge in [0.1, 0.15) is 19.3 Å². The Labute approximate surface area is 537 Å². The van der Waals surface area contributed by atoms with E-state index < -0.39 is 97.5 Å². The van der Waals surface area contributed by atoms with Gasteiger partial charge in [0.05, 0.1) is 26.4 Å². The number of esters is 4. The van der Waals surface area contributed by atoms with Crippen LogP contribution >= 0.6 is 15.6 Å². The number of carbonyl (C=O) groups excluding carboxylic acids is 4. The second-order valence-corrected chi connectivity index (χ2v) is 28.3. The van der Waals surface area contributed by atoms with E-state index in [1.54, 1.807) is 0 Å². The van der Waals surface area contributed by atoms with Crippen LogP contribution < -0.4 is 0 Å². The van der Waals surface area contributed by atoms with E-state index in [0.29, 0.717) is 31.6 Å². The van der Waals surface area contributed by atoms with Crippen LogP contribution in [0.25, 0.3) is 0 Å². The molecule has 5 atom stereocenters. The Hall–Kier alpha value is -1.94. The molecule has 522 valence electrons. The minimum absolute atomic E-state index is 0.103. The van der Waals surface area contributed by atoms with Gasteiger partial charge in [0.15, 0.2) is 12.2 Å². The summed E-state index contributed by atoms with van der Waals surface area (Å²) in [6.07, 6.45) is 48.9. The van der Waals surface area contributed by atoms with Crippen LogP contribution in [0.5, 0.6) is 0 Å². The van der Waals surface area contributed by atoms with Crippen LogP contribution in [-0.2, 0) is 65.4 Å². The van der Waals surface area contributed by atoms with E-state index in [-0.39, 0.29) is 25.7 Å². The smallest absolute Gasteiger partial charge is 0.462 e. The number of ether oxygens (including phenoxy) is 4. The van der Waals surface area contributed by atoms with Crippen molar-refractivity contribution in [1.29, 1.82) is 0 Å². The van der Waals surface area contributed by atoms with Gasteiger partial charge in [0.25, 0.3) is 0 Å². The third-order valence-electron chi connectivity index (χ3n) is 16.0. The summed E-state index contributed by atoms with van der Waals surface area (Å²) < 4.78 is 68.1. The standard InChI is InChI=1S/C69H134O17P2/c1-6-9-12-15-18-20-22-23-24-25-26-27-28-29-30-32-34-39-44-49-54-68(73)85-65(59-80-67(72)53-48-43-38-33-31-21-19-16-13-10-7-2)61-84-88(77,78)82-57-63(70)56-81-87(75,76)83-60-64(58-79-66(71)52-47-42-36-17-14-11-8-3)86-69(74)55-50-45-40-35-37-41-46-51-62(4)5/h62-65,70H,6-61H2,1-5H3,(H,75,76)(H,77,78)/t63-,64+,65+/m0/s1. The first-order valence-electron chi connectivity index (χ1n) is 36.1. The van der Waals surface area contributed by atoms with Crippen molar-refractivity contribution in [2.45, 2.75) is 374 Å². The van der Waals surface area contributed by atoms with Gasteiger partial charge < -0.3 is 33.8 Å². The SMILES string of the molecule is CCCCCCCCCCCCCCCCCCCCCCC(=O)O[C@H](COC(=O)CCCCCCCCCCCCC)COP(=O)(O)OC[C@@H](O)COP(=O)(O)OC[C@@H](COC(=O)CCCCCCCCC)OC(=O)CCCCCCCCCC(C)C. The minimum Gasteiger partial charge on any atom is -0.462 e. The summed E-state index contributed by atoms with van der Waals surface area (Å²) in [5.41, 5.74) is 0. The van der Waals surface area contributed by atoms with Gasteiger partial charge in [0, 0.05) is 25.7 Å². The molecule has 0 aromatic heterocycles. The van der Waals surface area contributed by atoms with Crippen molar-refractivity contribution in [2.75, 3.05) is 39.6 Å². The van der Waals surface area contributed by atoms with Crippen LogP contribution in [0.3, 0.4) is 0 Å². The molecule has 0 spiro atoms. The molecule has 3 N–H and O–H groups in total. The molecule has 0 aliphatic carbocycles. The van der Waals surface area contributed by atoms with Crippen molar-refractivity contribution in [3.8, 4) is 0 Å². The number of aliphatic hydroxyl groups excluding tert-OH is 1. The lowest BCUT2D eigenvalue weighted by Crippen LogP contribution is -2.30. The molecule has 0 saturated carbocycles. The highest BCUT2D eigenvalue weighted by atomic mass is 31.2. The molecule has 0 aromatic rings. The Morgan fingerprint density at radius 2 is 0.523 bits per heavy atom. The topological polar surface area (TPSA) is 237 Å². The lowest BCUT2D eigenvalue weighted by atomic mass is 10.0. The van der Waals surface area contributed by atoms with E-state index in [1.165, 1.54) is 167 Å². The maximum absolute atomic E-state index is 13.0. The summed E-state index contributed by atoms with van der Waals surface area (Å²) >= 11 is 0. The van der Waals surface area contributed by atoms with E-state index in [0.717, 1.165) is 103 Å². The number of carbonyl (C=O) groups is 4. The number of phosphoric ester groups is 2. The van der Waals surface area contributed by atoms with E-state index in [2.05, 4.69) is 34.6 Å². The van der Waals surface area contributed by atoms with E-state index in [1.807, 2.05) is 0 Å².